The van der Waals surface area contributed by atoms with Gasteiger partial charge in [0.2, 0.25) is 5.91 Å². The van der Waals surface area contributed by atoms with Crippen molar-refractivity contribution in [1.29, 1.82) is 0 Å². The van der Waals surface area contributed by atoms with Gasteiger partial charge in [-0.2, -0.15) is 0 Å². The van der Waals surface area contributed by atoms with Crippen molar-refractivity contribution in [2.24, 2.45) is 0 Å². The van der Waals surface area contributed by atoms with E-state index in [0.29, 0.717) is 26.0 Å². The second-order valence-corrected chi connectivity index (χ2v) is 6.98. The van der Waals surface area contributed by atoms with Crippen LogP contribution in [0.1, 0.15) is 37.7 Å². The molecule has 0 atom stereocenters. The summed E-state index contributed by atoms with van der Waals surface area (Å²) in [6, 6.07) is 7.17. The van der Waals surface area contributed by atoms with Crippen molar-refractivity contribution in [2.45, 2.75) is 44.6 Å². The lowest BCUT2D eigenvalue weighted by Gasteiger charge is -2.30. The molecule has 26 heavy (non-hydrogen) atoms. The molecule has 1 aliphatic heterocycles. The highest BCUT2D eigenvalue weighted by atomic mass is 16.5. The van der Waals surface area contributed by atoms with E-state index in [4.69, 9.17) is 4.74 Å². The maximum Gasteiger partial charge on any atom is 0.325 e. The molecule has 1 aliphatic carbocycles. The molecule has 7 heteroatoms. The Kier molecular flexibility index (Phi) is 5.44. The number of nitrogens with one attached hydrogen (secondary N) is 2. The van der Waals surface area contributed by atoms with E-state index < -0.39 is 11.6 Å². The van der Waals surface area contributed by atoms with Gasteiger partial charge in [0.05, 0.1) is 6.54 Å². The molecule has 2 fully saturated rings. The first kappa shape index (κ1) is 18.2. The monoisotopic (exact) mass is 359 g/mol. The maximum atomic E-state index is 12.6. The average Bonchev–Trinajstić information content (AvgIpc) is 2.85. The van der Waals surface area contributed by atoms with Crippen LogP contribution >= 0.6 is 0 Å². The number of nitrogens with zero attached hydrogens (tertiary/aromatic N) is 1. The van der Waals surface area contributed by atoms with Crippen LogP contribution in [0, 0.1) is 6.92 Å². The first-order valence-corrected chi connectivity index (χ1v) is 9.10. The molecular weight excluding hydrogens is 334 g/mol. The van der Waals surface area contributed by atoms with E-state index in [1.54, 1.807) is 0 Å². The third-order valence-corrected chi connectivity index (χ3v) is 4.97. The molecular formula is C19H25N3O4. The molecule has 2 aliphatic rings. The van der Waals surface area contributed by atoms with Crippen molar-refractivity contribution in [3.05, 3.63) is 29.8 Å². The summed E-state index contributed by atoms with van der Waals surface area (Å²) in [5, 5.41) is 5.49. The van der Waals surface area contributed by atoms with Gasteiger partial charge in [0.1, 0.15) is 24.4 Å². The Morgan fingerprint density at radius 3 is 2.58 bits per heavy atom. The Morgan fingerprint density at radius 2 is 1.88 bits per heavy atom. The molecule has 0 radical (unpaired) electrons. The van der Waals surface area contributed by atoms with Gasteiger partial charge in [-0.1, -0.05) is 37.0 Å². The summed E-state index contributed by atoms with van der Waals surface area (Å²) in [6.07, 6.45) is 4.22. The van der Waals surface area contributed by atoms with E-state index in [9.17, 15) is 14.4 Å². The standard InChI is InChI=1S/C19H25N3O4/c1-14-5-7-15(8-6-14)26-12-11-20-16(23)13-22-17(24)19(21-18(22)25)9-3-2-4-10-19/h5-8H,2-4,9-13H2,1H3,(H,20,23)(H,21,25). The lowest BCUT2D eigenvalue weighted by atomic mass is 9.82. The van der Waals surface area contributed by atoms with Gasteiger partial charge < -0.3 is 15.4 Å². The highest BCUT2D eigenvalue weighted by molar-refractivity contribution is 6.09. The quantitative estimate of drug-likeness (QED) is 0.598. The highest BCUT2D eigenvalue weighted by Gasteiger charge is 2.51. The van der Waals surface area contributed by atoms with Crippen LogP contribution in [0.2, 0.25) is 0 Å². The minimum atomic E-state index is -0.788. The van der Waals surface area contributed by atoms with Crippen molar-refractivity contribution in [2.75, 3.05) is 19.7 Å². The fourth-order valence-electron chi connectivity index (χ4n) is 3.51. The summed E-state index contributed by atoms with van der Waals surface area (Å²) in [4.78, 5) is 37.8. The van der Waals surface area contributed by atoms with Gasteiger partial charge in [-0.3, -0.25) is 14.5 Å². The topological polar surface area (TPSA) is 87.7 Å². The summed E-state index contributed by atoms with van der Waals surface area (Å²) in [5.41, 5.74) is 0.361. The van der Waals surface area contributed by atoms with Crippen LogP contribution in [0.3, 0.4) is 0 Å². The second kappa shape index (κ2) is 7.76. The molecule has 3 rings (SSSR count). The van der Waals surface area contributed by atoms with Crippen LogP contribution in [0.5, 0.6) is 5.75 Å². The zero-order valence-electron chi connectivity index (χ0n) is 15.0. The Hall–Kier alpha value is -2.57. The van der Waals surface area contributed by atoms with Gasteiger partial charge >= 0.3 is 6.03 Å². The molecule has 2 N–H and O–H groups in total. The molecule has 1 saturated heterocycles. The van der Waals surface area contributed by atoms with Crippen LogP contribution in [0.4, 0.5) is 4.79 Å². The largest absolute Gasteiger partial charge is 0.492 e. The van der Waals surface area contributed by atoms with Gasteiger partial charge in [-0.05, 0) is 31.9 Å². The number of benzene rings is 1. The van der Waals surface area contributed by atoms with Gasteiger partial charge in [0.15, 0.2) is 0 Å². The Morgan fingerprint density at radius 1 is 1.19 bits per heavy atom. The summed E-state index contributed by atoms with van der Waals surface area (Å²) in [7, 11) is 0. The van der Waals surface area contributed by atoms with Crippen molar-refractivity contribution in [3.63, 3.8) is 0 Å². The lowest BCUT2D eigenvalue weighted by molar-refractivity contribution is -0.135. The molecule has 1 aromatic carbocycles. The van der Waals surface area contributed by atoms with Crippen molar-refractivity contribution in [3.8, 4) is 5.75 Å². The summed E-state index contributed by atoms with van der Waals surface area (Å²) in [6.45, 7) is 2.37. The van der Waals surface area contributed by atoms with E-state index >= 15 is 0 Å². The molecule has 1 spiro atoms. The zero-order chi connectivity index (χ0) is 18.6. The normalized spacial score (nSPS) is 18.7. The highest BCUT2D eigenvalue weighted by Crippen LogP contribution is 2.33. The van der Waals surface area contributed by atoms with E-state index in [0.717, 1.165) is 35.5 Å². The van der Waals surface area contributed by atoms with Crippen molar-refractivity contribution in [1.82, 2.24) is 15.5 Å². The number of rotatable bonds is 6. The van der Waals surface area contributed by atoms with E-state index in [1.165, 1.54) is 0 Å². The first-order valence-electron chi connectivity index (χ1n) is 9.10. The van der Waals surface area contributed by atoms with Gasteiger partial charge in [0.25, 0.3) is 5.91 Å². The lowest BCUT2D eigenvalue weighted by Crippen LogP contribution is -2.49. The molecule has 0 unspecified atom stereocenters. The van der Waals surface area contributed by atoms with E-state index in [2.05, 4.69) is 10.6 Å². The molecule has 7 nitrogen and oxygen atoms in total. The third-order valence-electron chi connectivity index (χ3n) is 4.97. The van der Waals surface area contributed by atoms with Crippen LogP contribution in [0.15, 0.2) is 24.3 Å². The summed E-state index contributed by atoms with van der Waals surface area (Å²) in [5.74, 6) is 0.0975. The fraction of sp³-hybridized carbons (Fsp3) is 0.526. The van der Waals surface area contributed by atoms with Crippen molar-refractivity contribution >= 4 is 17.8 Å². The SMILES string of the molecule is Cc1ccc(OCCNC(=O)CN2C(=O)NC3(CCCCC3)C2=O)cc1. The molecule has 1 heterocycles. The predicted molar refractivity (Wildman–Crippen MR) is 95.7 cm³/mol. The van der Waals surface area contributed by atoms with Gasteiger partial charge in [-0.25, -0.2) is 4.79 Å². The average molecular weight is 359 g/mol. The van der Waals surface area contributed by atoms with E-state index in [-0.39, 0.29) is 18.4 Å². The van der Waals surface area contributed by atoms with Gasteiger partial charge in [-0.15, -0.1) is 0 Å². The number of imide groups is 1. The first-order chi connectivity index (χ1) is 12.5. The predicted octanol–water partition coefficient (Wildman–Crippen LogP) is 1.74. The van der Waals surface area contributed by atoms with E-state index in [1.807, 2.05) is 31.2 Å². The number of carbonyl (C=O) groups is 3. The minimum absolute atomic E-state index is 0.253. The number of aryl methyl sites for hydroxylation is 1. The molecule has 0 bridgehead atoms. The molecule has 4 amide bonds. The Bertz CT molecular complexity index is 681. The molecule has 0 aromatic heterocycles. The van der Waals surface area contributed by atoms with Gasteiger partial charge in [0, 0.05) is 0 Å². The van der Waals surface area contributed by atoms with Crippen LogP contribution in [-0.2, 0) is 9.59 Å². The zero-order valence-corrected chi connectivity index (χ0v) is 15.0. The smallest absolute Gasteiger partial charge is 0.325 e. The van der Waals surface area contributed by atoms with Crippen LogP contribution < -0.4 is 15.4 Å². The van der Waals surface area contributed by atoms with Crippen LogP contribution in [-0.4, -0.2) is 48.0 Å². The van der Waals surface area contributed by atoms with Crippen LogP contribution in [0.25, 0.3) is 0 Å². The third kappa shape index (κ3) is 3.98. The number of hydrogen-bond donors (Lipinski definition) is 2. The minimum Gasteiger partial charge on any atom is -0.492 e. The Labute approximate surface area is 153 Å². The fourth-order valence-corrected chi connectivity index (χ4v) is 3.51. The molecule has 1 saturated carbocycles. The number of carbonyl (C=O) groups excluding carboxylic acids is 3. The molecule has 140 valence electrons. The summed E-state index contributed by atoms with van der Waals surface area (Å²) < 4.78 is 5.54. The van der Waals surface area contributed by atoms with Crippen molar-refractivity contribution < 1.29 is 19.1 Å². The number of hydrogen-bond acceptors (Lipinski definition) is 4. The number of ether oxygens (including phenoxy) is 1. The Balaban J connectivity index is 1.43. The summed E-state index contributed by atoms with van der Waals surface area (Å²) >= 11 is 0. The second-order valence-electron chi connectivity index (χ2n) is 6.98. The number of amides is 4. The maximum absolute atomic E-state index is 12.6. The molecule has 1 aromatic rings. The number of urea groups is 1.